The third kappa shape index (κ3) is 6.82. The van der Waals surface area contributed by atoms with Gasteiger partial charge in [0, 0.05) is 40.2 Å². The molecule has 1 aromatic heterocycles. The Bertz CT molecular complexity index is 2010. The van der Waals surface area contributed by atoms with Crippen molar-refractivity contribution in [2.45, 2.75) is 13.0 Å². The van der Waals surface area contributed by atoms with Crippen molar-refractivity contribution in [3.8, 4) is 11.5 Å². The lowest BCUT2D eigenvalue weighted by molar-refractivity contribution is -0.384. The maximum absolute atomic E-state index is 13.9. The molecule has 232 valence electrons. The van der Waals surface area contributed by atoms with Gasteiger partial charge in [-0.05, 0) is 83.4 Å². The Kier molecular flexibility index (Phi) is 9.18. The number of amides is 1. The monoisotopic (exact) mass is 700 g/mol. The number of halogens is 2. The van der Waals surface area contributed by atoms with Crippen LogP contribution in [0.2, 0.25) is 0 Å². The maximum Gasteiger partial charge on any atom is 0.269 e. The Hall–Kier alpha value is -4.94. The number of H-pyrrole nitrogens is 1. The van der Waals surface area contributed by atoms with Gasteiger partial charge in [0.25, 0.3) is 11.6 Å². The number of benzene rings is 4. The zero-order valence-corrected chi connectivity index (χ0v) is 26.8. The van der Waals surface area contributed by atoms with Gasteiger partial charge >= 0.3 is 0 Å². The minimum atomic E-state index is -0.469. The van der Waals surface area contributed by atoms with Crippen molar-refractivity contribution in [1.29, 1.82) is 0 Å². The molecule has 0 bridgehead atoms. The van der Waals surface area contributed by atoms with Crippen molar-refractivity contribution < 1.29 is 23.6 Å². The summed E-state index contributed by atoms with van der Waals surface area (Å²) in [5, 5.41) is 12.7. The molecule has 0 aliphatic carbocycles. The number of thioether (sulfide) groups is 1. The number of amidine groups is 1. The van der Waals surface area contributed by atoms with E-state index in [1.807, 2.05) is 30.5 Å². The molecule has 9 nitrogen and oxygen atoms in total. The van der Waals surface area contributed by atoms with Crippen molar-refractivity contribution in [2.75, 3.05) is 13.7 Å². The van der Waals surface area contributed by atoms with E-state index in [-0.39, 0.29) is 24.0 Å². The Morgan fingerprint density at radius 2 is 1.87 bits per heavy atom. The molecule has 4 aromatic carbocycles. The van der Waals surface area contributed by atoms with Crippen molar-refractivity contribution in [1.82, 2.24) is 9.88 Å². The molecule has 0 radical (unpaired) electrons. The minimum Gasteiger partial charge on any atom is -0.493 e. The molecule has 46 heavy (non-hydrogen) atoms. The number of hydrogen-bond acceptors (Lipinski definition) is 7. The Morgan fingerprint density at radius 1 is 1.07 bits per heavy atom. The number of carbonyl (C=O) groups is 1. The van der Waals surface area contributed by atoms with E-state index < -0.39 is 4.92 Å². The topological polar surface area (TPSA) is 110 Å². The second-order valence-electron chi connectivity index (χ2n) is 10.3. The molecule has 1 aliphatic rings. The highest BCUT2D eigenvalue weighted by Crippen LogP contribution is 2.39. The van der Waals surface area contributed by atoms with Gasteiger partial charge < -0.3 is 14.5 Å². The number of ether oxygens (including phenoxy) is 2. The number of aromatic nitrogens is 1. The van der Waals surface area contributed by atoms with E-state index in [1.165, 1.54) is 43.1 Å². The van der Waals surface area contributed by atoms with Gasteiger partial charge in [-0.1, -0.05) is 46.3 Å². The fourth-order valence-electron chi connectivity index (χ4n) is 4.98. The molecule has 1 N–H and O–H groups in total. The van der Waals surface area contributed by atoms with Crippen molar-refractivity contribution in [3.63, 3.8) is 0 Å². The number of rotatable bonds is 10. The lowest BCUT2D eigenvalue weighted by Gasteiger charge is -2.15. The second-order valence-corrected chi connectivity index (χ2v) is 12.2. The summed E-state index contributed by atoms with van der Waals surface area (Å²) in [6.45, 7) is 0.511. The van der Waals surface area contributed by atoms with E-state index in [4.69, 9.17) is 14.5 Å². The number of nitro benzene ring substituents is 1. The second kappa shape index (κ2) is 13.6. The predicted octanol–water partition coefficient (Wildman–Crippen LogP) is 8.41. The first-order valence-electron chi connectivity index (χ1n) is 14.1. The van der Waals surface area contributed by atoms with Gasteiger partial charge in [0.05, 0.1) is 22.6 Å². The summed E-state index contributed by atoms with van der Waals surface area (Å²) in [4.78, 5) is 34.6. The number of non-ortho nitro benzene ring substituents is 1. The van der Waals surface area contributed by atoms with E-state index in [2.05, 4.69) is 20.9 Å². The van der Waals surface area contributed by atoms with Crippen molar-refractivity contribution in [3.05, 3.63) is 133 Å². The van der Waals surface area contributed by atoms with Crippen LogP contribution < -0.4 is 9.47 Å². The van der Waals surface area contributed by atoms with Gasteiger partial charge in [-0.25, -0.2) is 9.38 Å². The van der Waals surface area contributed by atoms with Crippen LogP contribution >= 0.6 is 27.7 Å². The smallest absolute Gasteiger partial charge is 0.269 e. The third-order valence-electron chi connectivity index (χ3n) is 7.31. The van der Waals surface area contributed by atoms with E-state index in [1.54, 1.807) is 47.4 Å². The molecule has 12 heteroatoms. The Morgan fingerprint density at radius 3 is 2.63 bits per heavy atom. The molecule has 0 spiro atoms. The number of carbonyl (C=O) groups excluding carboxylic acids is 1. The summed E-state index contributed by atoms with van der Waals surface area (Å²) >= 11 is 4.82. The van der Waals surface area contributed by atoms with E-state index in [0.29, 0.717) is 55.8 Å². The van der Waals surface area contributed by atoms with Crippen LogP contribution in [0.5, 0.6) is 11.5 Å². The van der Waals surface area contributed by atoms with Gasteiger partial charge in [-0.15, -0.1) is 0 Å². The molecule has 6 rings (SSSR count). The number of fused-ring (bicyclic) bond motifs is 1. The van der Waals surface area contributed by atoms with Gasteiger partial charge in [0.15, 0.2) is 16.7 Å². The van der Waals surface area contributed by atoms with Crippen molar-refractivity contribution in [2.24, 2.45) is 4.99 Å². The summed E-state index contributed by atoms with van der Waals surface area (Å²) in [5.41, 5.74) is 3.88. The summed E-state index contributed by atoms with van der Waals surface area (Å²) in [6.07, 6.45) is 4.29. The quantitative estimate of drug-likeness (QED) is 0.0890. The largest absolute Gasteiger partial charge is 0.493 e. The lowest BCUT2D eigenvalue weighted by Crippen LogP contribution is -2.31. The minimum absolute atomic E-state index is 0.0435. The highest BCUT2D eigenvalue weighted by molar-refractivity contribution is 9.10. The molecule has 1 saturated heterocycles. The first-order chi connectivity index (χ1) is 22.3. The maximum atomic E-state index is 13.9. The van der Waals surface area contributed by atoms with Crippen LogP contribution in [0.4, 0.5) is 15.8 Å². The van der Waals surface area contributed by atoms with Crippen LogP contribution in [0, 0.1) is 15.9 Å². The molecule has 1 amide bonds. The lowest BCUT2D eigenvalue weighted by atomic mass is 10.1. The molecule has 2 heterocycles. The third-order valence-corrected chi connectivity index (χ3v) is 9.00. The Balaban J connectivity index is 1.29. The number of aliphatic imine (C=N–C) groups is 1. The Labute approximate surface area is 276 Å². The average Bonchev–Trinajstić information content (AvgIpc) is 3.59. The normalized spacial score (nSPS) is 14.8. The van der Waals surface area contributed by atoms with Gasteiger partial charge in [-0.3, -0.25) is 19.8 Å². The van der Waals surface area contributed by atoms with Crippen LogP contribution in [0.1, 0.15) is 16.7 Å². The van der Waals surface area contributed by atoms with Crippen LogP contribution in [0.15, 0.2) is 105 Å². The number of nitro groups is 1. The SMILES string of the molecule is COc1cc(/C=C2\SC(=Nc3ccc([N+](=O)[O-])cc3)N(CCc3c[nH]c4ccccc34)C2=O)c(Br)cc1OCc1cccc(F)c1. The number of aromatic amines is 1. The number of hydrogen-bond donors (Lipinski definition) is 1. The van der Waals surface area contributed by atoms with E-state index in [0.717, 1.165) is 16.5 Å². The van der Waals surface area contributed by atoms with Crippen molar-refractivity contribution >= 4 is 67.1 Å². The summed E-state index contributed by atoms with van der Waals surface area (Å²) in [7, 11) is 1.52. The summed E-state index contributed by atoms with van der Waals surface area (Å²) in [5.74, 6) is 0.328. The summed E-state index contributed by atoms with van der Waals surface area (Å²) in [6, 6.07) is 23.5. The molecule has 1 aliphatic heterocycles. The molecule has 5 aromatic rings. The standard InChI is InChI=1S/C34H26BrFN4O5S/c1-44-30-16-23(28(35)18-31(30)45-20-21-5-4-6-24(36)15-21)17-32-33(41)39(14-13-22-19-37-29-8-3-2-7-27(22)29)34(46-32)38-25-9-11-26(12-10-25)40(42)43/h2-12,15-19,37H,13-14,20H2,1H3/b32-17-,38-34?. The summed E-state index contributed by atoms with van der Waals surface area (Å²) < 4.78 is 25.8. The van der Waals surface area contributed by atoms with Crippen LogP contribution in [0.25, 0.3) is 17.0 Å². The highest BCUT2D eigenvalue weighted by atomic mass is 79.9. The number of nitrogens with zero attached hydrogens (tertiary/aromatic N) is 3. The number of para-hydroxylation sites is 1. The first-order valence-corrected chi connectivity index (χ1v) is 15.7. The molecular formula is C34H26BrFN4O5S. The van der Waals surface area contributed by atoms with E-state index in [9.17, 15) is 19.3 Å². The van der Waals surface area contributed by atoms with Gasteiger partial charge in [0.2, 0.25) is 0 Å². The average molecular weight is 702 g/mol. The van der Waals surface area contributed by atoms with Gasteiger partial charge in [-0.2, -0.15) is 0 Å². The van der Waals surface area contributed by atoms with E-state index >= 15 is 0 Å². The molecule has 0 atom stereocenters. The van der Waals surface area contributed by atoms with Crippen LogP contribution in [-0.4, -0.2) is 39.5 Å². The molecule has 0 saturated carbocycles. The van der Waals surface area contributed by atoms with Crippen LogP contribution in [-0.2, 0) is 17.8 Å². The zero-order valence-electron chi connectivity index (χ0n) is 24.4. The number of methoxy groups -OCH3 is 1. The number of nitrogens with one attached hydrogen (secondary N) is 1. The van der Waals surface area contributed by atoms with Gasteiger partial charge in [0.1, 0.15) is 12.4 Å². The molecular weight excluding hydrogens is 675 g/mol. The van der Waals surface area contributed by atoms with Crippen LogP contribution in [0.3, 0.4) is 0 Å². The predicted molar refractivity (Wildman–Crippen MR) is 181 cm³/mol. The first kappa shape index (κ1) is 31.1. The fourth-order valence-corrected chi connectivity index (χ4v) is 6.43. The molecule has 0 unspecified atom stereocenters. The fraction of sp³-hybridized carbons (Fsp3) is 0.118. The zero-order chi connectivity index (χ0) is 32.2. The highest BCUT2D eigenvalue weighted by Gasteiger charge is 2.33. The molecule has 1 fully saturated rings.